The van der Waals surface area contributed by atoms with Gasteiger partial charge in [-0.3, -0.25) is 14.5 Å². The van der Waals surface area contributed by atoms with Crippen molar-refractivity contribution in [1.29, 1.82) is 0 Å². The van der Waals surface area contributed by atoms with Crippen molar-refractivity contribution in [3.63, 3.8) is 0 Å². The fourth-order valence-electron chi connectivity index (χ4n) is 3.48. The number of carbonyl (C=O) groups excluding carboxylic acids is 1. The maximum Gasteiger partial charge on any atom is 0.257 e. The Kier molecular flexibility index (Phi) is 3.91. The second kappa shape index (κ2) is 6.11. The molecule has 1 spiro atoms. The number of rotatable bonds is 3. The lowest BCUT2D eigenvalue weighted by molar-refractivity contribution is -0.174. The van der Waals surface area contributed by atoms with E-state index in [0.29, 0.717) is 31.1 Å². The number of likely N-dealkylation sites (tertiary alicyclic amines) is 1. The van der Waals surface area contributed by atoms with E-state index in [1.54, 1.807) is 41.4 Å². The largest absolute Gasteiger partial charge is 0.473 e. The molecule has 2 aromatic rings. The van der Waals surface area contributed by atoms with Crippen LogP contribution in [-0.4, -0.2) is 62.0 Å². The zero-order valence-electron chi connectivity index (χ0n) is 14.4. The zero-order valence-corrected chi connectivity index (χ0v) is 14.4. The topological polar surface area (TPSA) is 82.4 Å². The monoisotopic (exact) mass is 343 g/mol. The minimum atomic E-state index is -0.308. The highest BCUT2D eigenvalue weighted by Gasteiger charge is 2.50. The molecule has 4 heterocycles. The third-order valence-corrected chi connectivity index (χ3v) is 4.67. The van der Waals surface area contributed by atoms with Crippen LogP contribution in [0.4, 0.5) is 0 Å². The van der Waals surface area contributed by atoms with Gasteiger partial charge in [0.25, 0.3) is 5.91 Å². The molecule has 2 aromatic heterocycles. The Labute approximate surface area is 145 Å². The number of hydrogen-bond acceptors (Lipinski definition) is 6. The number of hydrogen-bond donors (Lipinski definition) is 0. The van der Waals surface area contributed by atoms with Gasteiger partial charge >= 0.3 is 0 Å². The molecule has 2 aliphatic heterocycles. The summed E-state index contributed by atoms with van der Waals surface area (Å²) in [7, 11) is 1.80. The van der Waals surface area contributed by atoms with Crippen molar-refractivity contribution in [1.82, 2.24) is 24.6 Å². The van der Waals surface area contributed by atoms with Gasteiger partial charge in [-0.25, -0.2) is 4.98 Å². The second-order valence-electron chi connectivity index (χ2n) is 6.83. The molecule has 132 valence electrons. The van der Waals surface area contributed by atoms with Gasteiger partial charge in [0.15, 0.2) is 0 Å². The van der Waals surface area contributed by atoms with Crippen LogP contribution in [-0.2, 0) is 11.8 Å². The van der Waals surface area contributed by atoms with Gasteiger partial charge in [0, 0.05) is 32.3 Å². The first-order valence-corrected chi connectivity index (χ1v) is 8.40. The van der Waals surface area contributed by atoms with Gasteiger partial charge in [-0.15, -0.1) is 0 Å². The zero-order chi connectivity index (χ0) is 17.4. The van der Waals surface area contributed by atoms with Crippen molar-refractivity contribution in [2.24, 2.45) is 7.05 Å². The van der Waals surface area contributed by atoms with Crippen LogP contribution in [0.3, 0.4) is 0 Å². The Balaban J connectivity index is 1.37. The van der Waals surface area contributed by atoms with Gasteiger partial charge in [0.05, 0.1) is 43.3 Å². The number of ether oxygens (including phenoxy) is 2. The van der Waals surface area contributed by atoms with Gasteiger partial charge in [0.2, 0.25) is 5.88 Å². The lowest BCUT2D eigenvalue weighted by Gasteiger charge is -2.52. The number of aromatic nitrogens is 4. The van der Waals surface area contributed by atoms with Crippen molar-refractivity contribution in [2.45, 2.75) is 31.5 Å². The van der Waals surface area contributed by atoms with Crippen LogP contribution < -0.4 is 4.74 Å². The van der Waals surface area contributed by atoms with Gasteiger partial charge < -0.3 is 14.4 Å². The van der Waals surface area contributed by atoms with E-state index in [2.05, 4.69) is 15.1 Å². The standard InChI is InChI=1S/C17H21N5O3/c1-12-6-18-8-15(20-12)25-14-3-4-24-17(5-14)10-22(11-17)16(23)13-7-19-21(2)9-13/h6-9,14H,3-5,10-11H2,1-2H3. The van der Waals surface area contributed by atoms with Crippen molar-refractivity contribution >= 4 is 5.91 Å². The minimum absolute atomic E-state index is 0.00471. The number of aryl methyl sites for hydroxylation is 2. The first-order chi connectivity index (χ1) is 12.0. The molecule has 1 unspecified atom stereocenters. The summed E-state index contributed by atoms with van der Waals surface area (Å²) in [5, 5.41) is 4.05. The highest BCUT2D eigenvalue weighted by molar-refractivity contribution is 5.94. The third kappa shape index (κ3) is 3.21. The molecular weight excluding hydrogens is 322 g/mol. The first kappa shape index (κ1) is 16.0. The maximum atomic E-state index is 12.4. The second-order valence-corrected chi connectivity index (χ2v) is 6.83. The molecule has 8 heteroatoms. The summed E-state index contributed by atoms with van der Waals surface area (Å²) in [4.78, 5) is 22.7. The minimum Gasteiger partial charge on any atom is -0.473 e. The molecule has 8 nitrogen and oxygen atoms in total. The number of nitrogens with zero attached hydrogens (tertiary/aromatic N) is 5. The molecular formula is C17H21N5O3. The van der Waals surface area contributed by atoms with Crippen LogP contribution in [0.2, 0.25) is 0 Å². The van der Waals surface area contributed by atoms with E-state index in [1.165, 1.54) is 0 Å². The van der Waals surface area contributed by atoms with Crippen molar-refractivity contribution in [3.8, 4) is 5.88 Å². The van der Waals surface area contributed by atoms with E-state index in [0.717, 1.165) is 18.5 Å². The lowest BCUT2D eigenvalue weighted by Crippen LogP contribution is -2.67. The number of amides is 1. The Bertz CT molecular complexity index is 784. The van der Waals surface area contributed by atoms with Crippen molar-refractivity contribution < 1.29 is 14.3 Å². The van der Waals surface area contributed by atoms with E-state index in [1.807, 2.05) is 6.92 Å². The lowest BCUT2D eigenvalue weighted by atomic mass is 9.84. The van der Waals surface area contributed by atoms with Crippen LogP contribution in [0, 0.1) is 6.92 Å². The SMILES string of the molecule is Cc1cncc(OC2CCOC3(C2)CN(C(=O)c2cnn(C)c2)C3)n1. The molecule has 25 heavy (non-hydrogen) atoms. The Morgan fingerprint density at radius 3 is 2.92 bits per heavy atom. The molecule has 0 aliphatic carbocycles. The normalized spacial score (nSPS) is 21.8. The van der Waals surface area contributed by atoms with Crippen LogP contribution in [0.5, 0.6) is 5.88 Å². The molecule has 0 radical (unpaired) electrons. The van der Waals surface area contributed by atoms with E-state index >= 15 is 0 Å². The van der Waals surface area contributed by atoms with Crippen molar-refractivity contribution in [3.05, 3.63) is 36.0 Å². The summed E-state index contributed by atoms with van der Waals surface area (Å²) >= 11 is 0. The summed E-state index contributed by atoms with van der Waals surface area (Å²) in [5.74, 6) is 0.541. The number of carbonyl (C=O) groups is 1. The summed E-state index contributed by atoms with van der Waals surface area (Å²) in [6, 6.07) is 0. The van der Waals surface area contributed by atoms with E-state index in [9.17, 15) is 4.79 Å². The fraction of sp³-hybridized carbons (Fsp3) is 0.529. The summed E-state index contributed by atoms with van der Waals surface area (Å²) in [5.41, 5.74) is 1.13. The Morgan fingerprint density at radius 2 is 2.20 bits per heavy atom. The van der Waals surface area contributed by atoms with E-state index in [-0.39, 0.29) is 17.6 Å². The predicted octanol–water partition coefficient (Wildman–Crippen LogP) is 0.971. The Hall–Kier alpha value is -2.48. The highest BCUT2D eigenvalue weighted by Crippen LogP contribution is 2.36. The molecule has 1 atom stereocenters. The average Bonchev–Trinajstić information content (AvgIpc) is 2.99. The van der Waals surface area contributed by atoms with Gasteiger partial charge in [-0.05, 0) is 6.92 Å². The molecule has 0 saturated carbocycles. The molecule has 0 N–H and O–H groups in total. The molecule has 1 amide bonds. The van der Waals surface area contributed by atoms with Crippen LogP contribution in [0.15, 0.2) is 24.8 Å². The smallest absolute Gasteiger partial charge is 0.257 e. The Morgan fingerprint density at radius 1 is 1.36 bits per heavy atom. The molecule has 2 aliphatic rings. The molecule has 4 rings (SSSR count). The third-order valence-electron chi connectivity index (χ3n) is 4.67. The quantitative estimate of drug-likeness (QED) is 0.826. The van der Waals surface area contributed by atoms with Crippen LogP contribution >= 0.6 is 0 Å². The summed E-state index contributed by atoms with van der Waals surface area (Å²) in [6.45, 7) is 3.68. The van der Waals surface area contributed by atoms with Crippen LogP contribution in [0.1, 0.15) is 28.9 Å². The molecule has 0 bridgehead atoms. The fourth-order valence-corrected chi connectivity index (χ4v) is 3.48. The van der Waals surface area contributed by atoms with Crippen LogP contribution in [0.25, 0.3) is 0 Å². The first-order valence-electron chi connectivity index (χ1n) is 8.40. The average molecular weight is 343 g/mol. The molecule has 2 fully saturated rings. The van der Waals surface area contributed by atoms with Gasteiger partial charge in [-0.1, -0.05) is 0 Å². The predicted molar refractivity (Wildman–Crippen MR) is 88.2 cm³/mol. The van der Waals surface area contributed by atoms with Gasteiger partial charge in [0.1, 0.15) is 11.7 Å². The molecule has 0 aromatic carbocycles. The highest BCUT2D eigenvalue weighted by atomic mass is 16.5. The maximum absolute atomic E-state index is 12.4. The summed E-state index contributed by atoms with van der Waals surface area (Å²) < 4.78 is 13.6. The van der Waals surface area contributed by atoms with E-state index in [4.69, 9.17) is 9.47 Å². The van der Waals surface area contributed by atoms with Gasteiger partial charge in [-0.2, -0.15) is 5.10 Å². The molecule has 2 saturated heterocycles. The summed E-state index contributed by atoms with van der Waals surface area (Å²) in [6.07, 6.45) is 8.25. The van der Waals surface area contributed by atoms with Crippen molar-refractivity contribution in [2.75, 3.05) is 19.7 Å². The van der Waals surface area contributed by atoms with E-state index < -0.39 is 0 Å².